The van der Waals surface area contributed by atoms with Crippen LogP contribution in [0.25, 0.3) is 10.9 Å². The smallest absolute Gasteiger partial charge is 0.339 e. The number of nitrogens with one attached hydrogen (secondary N) is 1. The van der Waals surface area contributed by atoms with Gasteiger partial charge in [-0.05, 0) is 36.4 Å². The lowest BCUT2D eigenvalue weighted by atomic mass is 10.1. The van der Waals surface area contributed by atoms with E-state index in [1.54, 1.807) is 6.20 Å². The number of halogens is 1. The van der Waals surface area contributed by atoms with E-state index in [0.717, 1.165) is 16.6 Å². The van der Waals surface area contributed by atoms with E-state index in [-0.39, 0.29) is 16.5 Å². The average Bonchev–Trinajstić information content (AvgIpc) is 2.47. The largest absolute Gasteiger partial charge is 0.478 e. The van der Waals surface area contributed by atoms with E-state index in [1.165, 1.54) is 12.1 Å². The topological polar surface area (TPSA) is 75.1 Å². The van der Waals surface area contributed by atoms with Gasteiger partial charge in [-0.25, -0.2) is 9.78 Å². The maximum Gasteiger partial charge on any atom is 0.339 e. The van der Waals surface area contributed by atoms with Crippen LogP contribution in [-0.2, 0) is 0 Å². The second kappa shape index (κ2) is 5.38. The van der Waals surface area contributed by atoms with Gasteiger partial charge in [-0.2, -0.15) is 0 Å². The highest BCUT2D eigenvalue weighted by atomic mass is 35.5. The molecule has 0 aliphatic carbocycles. The van der Waals surface area contributed by atoms with E-state index < -0.39 is 5.97 Å². The van der Waals surface area contributed by atoms with Gasteiger partial charge in [0.25, 0.3) is 0 Å². The third-order valence-corrected chi connectivity index (χ3v) is 3.20. The molecule has 0 bridgehead atoms. The molecule has 2 heterocycles. The first kappa shape index (κ1) is 13.3. The number of carboxylic acids is 1. The second-order valence-electron chi connectivity index (χ2n) is 4.34. The molecule has 1 aromatic carbocycles. The molecule has 0 unspecified atom stereocenters. The van der Waals surface area contributed by atoms with E-state index >= 15 is 0 Å². The van der Waals surface area contributed by atoms with Crippen molar-refractivity contribution in [3.05, 3.63) is 59.4 Å². The highest BCUT2D eigenvalue weighted by Gasteiger charge is 2.13. The number of anilines is 2. The third kappa shape index (κ3) is 2.64. The first-order chi connectivity index (χ1) is 10.1. The molecule has 3 aromatic rings. The fourth-order valence-electron chi connectivity index (χ4n) is 2.04. The predicted octanol–water partition coefficient (Wildman–Crippen LogP) is 3.73. The number of benzene rings is 1. The van der Waals surface area contributed by atoms with Crippen molar-refractivity contribution in [2.45, 2.75) is 0 Å². The van der Waals surface area contributed by atoms with Crippen LogP contribution in [0.5, 0.6) is 0 Å². The Bertz CT molecular complexity index is 831. The summed E-state index contributed by atoms with van der Waals surface area (Å²) in [5.74, 6) is -0.869. The van der Waals surface area contributed by atoms with Gasteiger partial charge in [0.05, 0.1) is 5.52 Å². The molecule has 0 aliphatic heterocycles. The molecular weight excluding hydrogens is 290 g/mol. The van der Waals surface area contributed by atoms with Crippen LogP contribution in [0.2, 0.25) is 5.15 Å². The van der Waals surface area contributed by atoms with Gasteiger partial charge in [0, 0.05) is 17.3 Å². The van der Waals surface area contributed by atoms with Crippen LogP contribution in [0.1, 0.15) is 10.4 Å². The van der Waals surface area contributed by atoms with E-state index in [0.29, 0.717) is 0 Å². The van der Waals surface area contributed by atoms with Gasteiger partial charge < -0.3 is 10.4 Å². The Hall–Kier alpha value is -2.66. The summed E-state index contributed by atoms with van der Waals surface area (Å²) in [5, 5.41) is 13.3. The van der Waals surface area contributed by atoms with E-state index in [4.69, 9.17) is 11.6 Å². The minimum atomic E-state index is -1.07. The minimum absolute atomic E-state index is 0.0558. The lowest BCUT2D eigenvalue weighted by Crippen LogP contribution is -2.05. The summed E-state index contributed by atoms with van der Waals surface area (Å²) < 4.78 is 0. The first-order valence-electron chi connectivity index (χ1n) is 6.16. The fraction of sp³-hybridized carbons (Fsp3) is 0. The van der Waals surface area contributed by atoms with Crippen molar-refractivity contribution in [3.8, 4) is 0 Å². The van der Waals surface area contributed by atoms with Crippen LogP contribution in [-0.4, -0.2) is 21.0 Å². The van der Waals surface area contributed by atoms with Crippen LogP contribution in [0.3, 0.4) is 0 Å². The van der Waals surface area contributed by atoms with Crippen molar-refractivity contribution in [1.29, 1.82) is 0 Å². The molecule has 0 fully saturated rings. The Morgan fingerprint density at radius 1 is 1.14 bits per heavy atom. The summed E-state index contributed by atoms with van der Waals surface area (Å²) in [6, 6.07) is 12.1. The van der Waals surface area contributed by atoms with Crippen molar-refractivity contribution in [3.63, 3.8) is 0 Å². The molecule has 2 aromatic heterocycles. The van der Waals surface area contributed by atoms with Crippen LogP contribution < -0.4 is 5.32 Å². The van der Waals surface area contributed by atoms with Gasteiger partial charge in [-0.1, -0.05) is 17.7 Å². The standard InChI is InChI=1S/C15H10ClN3O2/c16-13-7-6-10(15(20)21)14(19-13)18-12-5-1-4-11-9(12)3-2-8-17-11/h1-8H,(H,18,19)(H,20,21). The summed E-state index contributed by atoms with van der Waals surface area (Å²) in [6.07, 6.45) is 1.70. The zero-order valence-electron chi connectivity index (χ0n) is 10.7. The maximum absolute atomic E-state index is 11.3. The Morgan fingerprint density at radius 2 is 2.00 bits per heavy atom. The molecule has 6 heteroatoms. The van der Waals surface area contributed by atoms with Gasteiger partial charge in [0.2, 0.25) is 0 Å². The van der Waals surface area contributed by atoms with Crippen molar-refractivity contribution >= 4 is 40.0 Å². The van der Waals surface area contributed by atoms with E-state index in [2.05, 4.69) is 15.3 Å². The molecule has 0 saturated heterocycles. The van der Waals surface area contributed by atoms with Gasteiger partial charge >= 0.3 is 5.97 Å². The number of pyridine rings is 2. The molecule has 0 aliphatic rings. The number of aromatic nitrogens is 2. The second-order valence-corrected chi connectivity index (χ2v) is 4.72. The number of carbonyl (C=O) groups is 1. The van der Waals surface area contributed by atoms with Crippen molar-refractivity contribution < 1.29 is 9.90 Å². The van der Waals surface area contributed by atoms with Gasteiger partial charge in [0.15, 0.2) is 0 Å². The molecule has 2 N–H and O–H groups in total. The Balaban J connectivity index is 2.11. The van der Waals surface area contributed by atoms with Crippen LogP contribution in [0.4, 0.5) is 11.5 Å². The van der Waals surface area contributed by atoms with Crippen LogP contribution >= 0.6 is 11.6 Å². The lowest BCUT2D eigenvalue weighted by Gasteiger charge is -2.11. The summed E-state index contributed by atoms with van der Waals surface area (Å²) in [7, 11) is 0. The van der Waals surface area contributed by atoms with Crippen molar-refractivity contribution in [1.82, 2.24) is 9.97 Å². The number of nitrogens with zero attached hydrogens (tertiary/aromatic N) is 2. The van der Waals surface area contributed by atoms with Crippen molar-refractivity contribution in [2.24, 2.45) is 0 Å². The molecule has 0 saturated carbocycles. The Kier molecular flexibility index (Phi) is 3.41. The predicted molar refractivity (Wildman–Crippen MR) is 81.2 cm³/mol. The monoisotopic (exact) mass is 299 g/mol. The van der Waals surface area contributed by atoms with E-state index in [9.17, 15) is 9.90 Å². The molecular formula is C15H10ClN3O2. The average molecular weight is 300 g/mol. The normalized spacial score (nSPS) is 10.5. The molecule has 0 amide bonds. The van der Waals surface area contributed by atoms with Crippen LogP contribution in [0, 0.1) is 0 Å². The number of aromatic carboxylic acids is 1. The number of carboxylic acid groups (broad SMARTS) is 1. The number of hydrogen-bond acceptors (Lipinski definition) is 4. The maximum atomic E-state index is 11.3. The quantitative estimate of drug-likeness (QED) is 0.721. The fourth-order valence-corrected chi connectivity index (χ4v) is 2.19. The lowest BCUT2D eigenvalue weighted by molar-refractivity contribution is 0.0697. The number of rotatable bonds is 3. The van der Waals surface area contributed by atoms with Gasteiger partial charge in [0.1, 0.15) is 16.5 Å². The summed E-state index contributed by atoms with van der Waals surface area (Å²) in [4.78, 5) is 19.6. The summed E-state index contributed by atoms with van der Waals surface area (Å²) in [6.45, 7) is 0. The number of hydrogen-bond donors (Lipinski definition) is 2. The third-order valence-electron chi connectivity index (χ3n) is 2.99. The van der Waals surface area contributed by atoms with Gasteiger partial charge in [-0.15, -0.1) is 0 Å². The molecule has 0 spiro atoms. The first-order valence-corrected chi connectivity index (χ1v) is 6.53. The Morgan fingerprint density at radius 3 is 2.81 bits per heavy atom. The number of fused-ring (bicyclic) bond motifs is 1. The zero-order valence-corrected chi connectivity index (χ0v) is 11.5. The van der Waals surface area contributed by atoms with E-state index in [1.807, 2.05) is 30.3 Å². The molecule has 21 heavy (non-hydrogen) atoms. The molecule has 0 atom stereocenters. The molecule has 3 rings (SSSR count). The van der Waals surface area contributed by atoms with Crippen molar-refractivity contribution in [2.75, 3.05) is 5.32 Å². The molecule has 104 valence electrons. The summed E-state index contributed by atoms with van der Waals surface area (Å²) >= 11 is 5.85. The summed E-state index contributed by atoms with van der Waals surface area (Å²) in [5.41, 5.74) is 1.58. The highest BCUT2D eigenvalue weighted by Crippen LogP contribution is 2.26. The molecule has 0 radical (unpaired) electrons. The zero-order chi connectivity index (χ0) is 14.8. The van der Waals surface area contributed by atoms with Crippen LogP contribution in [0.15, 0.2) is 48.7 Å². The highest BCUT2D eigenvalue weighted by molar-refractivity contribution is 6.29. The molecule has 5 nitrogen and oxygen atoms in total. The van der Waals surface area contributed by atoms with Gasteiger partial charge in [-0.3, -0.25) is 4.98 Å². The minimum Gasteiger partial charge on any atom is -0.478 e. The Labute approximate surface area is 125 Å². The SMILES string of the molecule is O=C(O)c1ccc(Cl)nc1Nc1cccc2ncccc12.